The maximum absolute atomic E-state index is 11.3. The van der Waals surface area contributed by atoms with Crippen LogP contribution in [0.5, 0.6) is 0 Å². The summed E-state index contributed by atoms with van der Waals surface area (Å²) in [5, 5.41) is 1.05. The van der Waals surface area contributed by atoms with Crippen LogP contribution in [0.2, 0.25) is 0 Å². The Hall–Kier alpha value is -0.530. The van der Waals surface area contributed by atoms with Gasteiger partial charge in [0.05, 0.1) is 12.2 Å². The molecule has 0 saturated carbocycles. The van der Waals surface area contributed by atoms with E-state index in [9.17, 15) is 4.79 Å². The van der Waals surface area contributed by atoms with Crippen molar-refractivity contribution in [3.63, 3.8) is 0 Å². The van der Waals surface area contributed by atoms with Crippen LogP contribution >= 0.6 is 15.9 Å². The van der Waals surface area contributed by atoms with Gasteiger partial charge >= 0.3 is 5.97 Å². The number of halogens is 1. The van der Waals surface area contributed by atoms with Crippen LogP contribution in [0.1, 0.15) is 39.5 Å². The van der Waals surface area contributed by atoms with Gasteiger partial charge in [-0.1, -0.05) is 28.8 Å². The summed E-state index contributed by atoms with van der Waals surface area (Å²) in [6, 6.07) is 0. The molecule has 3 heteroatoms. The molecule has 0 atom stereocenters. The third-order valence-corrected chi connectivity index (χ3v) is 2.49. The fourth-order valence-electron chi connectivity index (χ4n) is 1.10. The molecule has 2 nitrogen and oxygen atoms in total. The second kappa shape index (κ2) is 10.0. The van der Waals surface area contributed by atoms with E-state index >= 15 is 0 Å². The summed E-state index contributed by atoms with van der Waals surface area (Å²) in [5.74, 6) is -0.256. The fraction of sp³-hybridized carbons (Fsp3) is 0.667. The molecular weight excluding hydrogens is 256 g/mol. The Balaban J connectivity index is 3.52. The Labute approximate surface area is 101 Å². The molecule has 86 valence electrons. The average Bonchev–Trinajstić information content (AvgIpc) is 2.23. The molecule has 0 aliphatic carbocycles. The van der Waals surface area contributed by atoms with Gasteiger partial charge in [-0.05, 0) is 32.8 Å². The minimum atomic E-state index is -0.256. The van der Waals surface area contributed by atoms with Crippen molar-refractivity contribution in [2.75, 3.05) is 11.9 Å². The number of ether oxygens (including phenoxy) is 1. The summed E-state index contributed by atoms with van der Waals surface area (Å²) < 4.78 is 5.07. The number of hydrogen-bond donors (Lipinski definition) is 0. The van der Waals surface area contributed by atoms with E-state index in [1.807, 2.05) is 6.92 Å². The molecule has 0 amide bonds. The topological polar surface area (TPSA) is 26.3 Å². The molecule has 0 radical (unpaired) electrons. The standard InChI is InChI=1S/C12H19BrO2/c1-3-8-11(2)12(14)15-10-7-5-4-6-9-13/h3H,4-7,9-10H2,1-2H3. The first-order chi connectivity index (χ1) is 7.22. The second-order valence-electron chi connectivity index (χ2n) is 3.30. The van der Waals surface area contributed by atoms with E-state index in [-0.39, 0.29) is 5.97 Å². The molecule has 0 unspecified atom stereocenters. The minimum absolute atomic E-state index is 0.256. The molecule has 0 fully saturated rings. The average molecular weight is 275 g/mol. The molecule has 0 rings (SSSR count). The van der Waals surface area contributed by atoms with Crippen molar-refractivity contribution in [2.24, 2.45) is 0 Å². The minimum Gasteiger partial charge on any atom is -0.462 e. The Morgan fingerprint density at radius 3 is 2.60 bits per heavy atom. The van der Waals surface area contributed by atoms with Crippen LogP contribution in [0.15, 0.2) is 17.4 Å². The summed E-state index contributed by atoms with van der Waals surface area (Å²) in [4.78, 5) is 11.3. The predicted molar refractivity (Wildman–Crippen MR) is 66.2 cm³/mol. The van der Waals surface area contributed by atoms with Gasteiger partial charge in [0, 0.05) is 5.33 Å². The van der Waals surface area contributed by atoms with Gasteiger partial charge in [0.25, 0.3) is 0 Å². The third kappa shape index (κ3) is 8.46. The maximum atomic E-state index is 11.3. The van der Waals surface area contributed by atoms with Crippen molar-refractivity contribution in [1.29, 1.82) is 0 Å². The van der Waals surface area contributed by atoms with E-state index < -0.39 is 0 Å². The highest BCUT2D eigenvalue weighted by atomic mass is 79.9. The van der Waals surface area contributed by atoms with Crippen LogP contribution < -0.4 is 0 Å². The zero-order valence-corrected chi connectivity index (χ0v) is 11.1. The van der Waals surface area contributed by atoms with Crippen molar-refractivity contribution in [2.45, 2.75) is 39.5 Å². The van der Waals surface area contributed by atoms with E-state index in [0.717, 1.165) is 18.2 Å². The van der Waals surface area contributed by atoms with Crippen molar-refractivity contribution < 1.29 is 9.53 Å². The van der Waals surface area contributed by atoms with Gasteiger partial charge in [-0.3, -0.25) is 0 Å². The number of carbonyl (C=O) groups excluding carboxylic acids is 1. The molecule has 0 saturated heterocycles. The molecule has 0 bridgehead atoms. The predicted octanol–water partition coefficient (Wildman–Crippen LogP) is 3.61. The SMILES string of the molecule is CC=C=C(C)C(=O)OCCCCCCBr. The molecule has 0 aliphatic heterocycles. The Kier molecular flexibility index (Phi) is 9.65. The first kappa shape index (κ1) is 14.5. The molecule has 0 heterocycles. The van der Waals surface area contributed by atoms with Gasteiger partial charge in [0.1, 0.15) is 0 Å². The van der Waals surface area contributed by atoms with Gasteiger partial charge in [0.2, 0.25) is 0 Å². The lowest BCUT2D eigenvalue weighted by Gasteiger charge is -2.03. The molecular formula is C12H19BrO2. The lowest BCUT2D eigenvalue weighted by molar-refractivity contribution is -0.139. The number of esters is 1. The van der Waals surface area contributed by atoms with E-state index in [2.05, 4.69) is 21.7 Å². The lowest BCUT2D eigenvalue weighted by atomic mass is 10.2. The first-order valence-electron chi connectivity index (χ1n) is 5.33. The van der Waals surface area contributed by atoms with Crippen LogP contribution in [0.25, 0.3) is 0 Å². The molecule has 0 aromatic rings. The van der Waals surface area contributed by atoms with Gasteiger partial charge in [0.15, 0.2) is 0 Å². The summed E-state index contributed by atoms with van der Waals surface area (Å²) in [5.41, 5.74) is 3.36. The van der Waals surface area contributed by atoms with Crippen LogP contribution in [0.3, 0.4) is 0 Å². The maximum Gasteiger partial charge on any atom is 0.341 e. The molecule has 15 heavy (non-hydrogen) atoms. The van der Waals surface area contributed by atoms with Crippen molar-refractivity contribution in [1.82, 2.24) is 0 Å². The van der Waals surface area contributed by atoms with Gasteiger partial charge < -0.3 is 4.74 Å². The molecule has 0 spiro atoms. The van der Waals surface area contributed by atoms with Gasteiger partial charge in [-0.25, -0.2) is 4.79 Å². The number of carbonyl (C=O) groups is 1. The van der Waals surface area contributed by atoms with Crippen molar-refractivity contribution in [3.05, 3.63) is 17.4 Å². The zero-order chi connectivity index (χ0) is 11.5. The highest BCUT2D eigenvalue weighted by Crippen LogP contribution is 2.03. The van der Waals surface area contributed by atoms with Crippen LogP contribution in [0, 0.1) is 0 Å². The van der Waals surface area contributed by atoms with E-state index in [4.69, 9.17) is 4.74 Å². The van der Waals surface area contributed by atoms with Crippen molar-refractivity contribution in [3.8, 4) is 0 Å². The number of hydrogen-bond acceptors (Lipinski definition) is 2. The molecule has 0 aromatic carbocycles. The first-order valence-corrected chi connectivity index (χ1v) is 6.45. The summed E-state index contributed by atoms with van der Waals surface area (Å²) in [7, 11) is 0. The van der Waals surface area contributed by atoms with Crippen LogP contribution in [0.4, 0.5) is 0 Å². The zero-order valence-electron chi connectivity index (χ0n) is 9.51. The third-order valence-electron chi connectivity index (χ3n) is 1.93. The quantitative estimate of drug-likeness (QED) is 0.233. The second-order valence-corrected chi connectivity index (χ2v) is 4.09. The monoisotopic (exact) mass is 274 g/mol. The lowest BCUT2D eigenvalue weighted by Crippen LogP contribution is -2.06. The van der Waals surface area contributed by atoms with E-state index in [1.54, 1.807) is 13.0 Å². The highest BCUT2D eigenvalue weighted by molar-refractivity contribution is 9.09. The summed E-state index contributed by atoms with van der Waals surface area (Å²) >= 11 is 3.38. The van der Waals surface area contributed by atoms with Crippen LogP contribution in [-0.4, -0.2) is 17.9 Å². The number of unbranched alkanes of at least 4 members (excludes halogenated alkanes) is 3. The fourth-order valence-corrected chi connectivity index (χ4v) is 1.50. The summed E-state index contributed by atoms with van der Waals surface area (Å²) in [6.07, 6.45) is 6.15. The molecule has 0 N–H and O–H groups in total. The smallest absolute Gasteiger partial charge is 0.341 e. The Bertz CT molecular complexity index is 240. The van der Waals surface area contributed by atoms with Crippen LogP contribution in [-0.2, 0) is 9.53 Å². The number of alkyl halides is 1. The Morgan fingerprint density at radius 2 is 2.00 bits per heavy atom. The van der Waals surface area contributed by atoms with E-state index in [1.165, 1.54) is 12.8 Å². The van der Waals surface area contributed by atoms with E-state index in [0.29, 0.717) is 12.2 Å². The van der Waals surface area contributed by atoms with Gasteiger partial charge in [-0.15, -0.1) is 5.73 Å². The summed E-state index contributed by atoms with van der Waals surface area (Å²) in [6.45, 7) is 4.06. The number of rotatable bonds is 7. The Morgan fingerprint density at radius 1 is 1.33 bits per heavy atom. The molecule has 0 aliphatic rings. The molecule has 0 aromatic heterocycles. The van der Waals surface area contributed by atoms with Crippen molar-refractivity contribution >= 4 is 21.9 Å². The largest absolute Gasteiger partial charge is 0.462 e. The van der Waals surface area contributed by atoms with Gasteiger partial charge in [-0.2, -0.15) is 0 Å². The highest BCUT2D eigenvalue weighted by Gasteiger charge is 2.03. The normalized spacial score (nSPS) is 9.27.